The molecule has 0 unspecified atom stereocenters. The van der Waals surface area contributed by atoms with Gasteiger partial charge < -0.3 is 0 Å². The number of carbonyl (C=O) groups is 1. The zero-order valence-corrected chi connectivity index (χ0v) is 13.8. The maximum absolute atomic E-state index is 12.1. The van der Waals surface area contributed by atoms with Gasteiger partial charge in [0.05, 0.1) is 28.7 Å². The van der Waals surface area contributed by atoms with E-state index in [0.29, 0.717) is 10.6 Å². The molecule has 3 aromatic rings. The molecule has 1 amide bonds. The second-order valence-electron chi connectivity index (χ2n) is 4.89. The fourth-order valence-electron chi connectivity index (χ4n) is 2.12. The molecule has 0 spiro atoms. The van der Waals surface area contributed by atoms with Crippen molar-refractivity contribution in [3.63, 3.8) is 0 Å². The molecule has 1 aromatic heterocycles. The Morgan fingerprint density at radius 2 is 1.96 bits per heavy atom. The van der Waals surface area contributed by atoms with Crippen molar-refractivity contribution in [1.29, 1.82) is 0 Å². The van der Waals surface area contributed by atoms with Gasteiger partial charge in [0.2, 0.25) is 0 Å². The van der Waals surface area contributed by atoms with Gasteiger partial charge in [-0.05, 0) is 18.2 Å². The number of halogens is 2. The number of amides is 1. The predicted octanol–water partition coefficient (Wildman–Crippen LogP) is 4.15. The van der Waals surface area contributed by atoms with Gasteiger partial charge in [0, 0.05) is 16.1 Å². The first-order valence-corrected chi connectivity index (χ1v) is 7.78. The Kier molecular flexibility index (Phi) is 4.93. The smallest absolute Gasteiger partial charge is 0.272 e. The summed E-state index contributed by atoms with van der Waals surface area (Å²) in [6.45, 7) is 0. The predicted molar refractivity (Wildman–Crippen MR) is 95.5 cm³/mol. The molecule has 0 atom stereocenters. The summed E-state index contributed by atoms with van der Waals surface area (Å²) < 4.78 is 0. The summed E-state index contributed by atoms with van der Waals surface area (Å²) in [6.07, 6.45) is 3.15. The van der Waals surface area contributed by atoms with Crippen molar-refractivity contribution in [2.75, 3.05) is 0 Å². The fourth-order valence-corrected chi connectivity index (χ4v) is 2.62. The number of aromatic nitrogens is 2. The van der Waals surface area contributed by atoms with Crippen LogP contribution in [0.15, 0.2) is 59.8 Å². The molecule has 7 heteroatoms. The van der Waals surface area contributed by atoms with Crippen LogP contribution in [-0.2, 0) is 0 Å². The molecule has 5 nitrogen and oxygen atoms in total. The van der Waals surface area contributed by atoms with Crippen LogP contribution in [0.5, 0.6) is 0 Å². The summed E-state index contributed by atoms with van der Waals surface area (Å²) in [5.74, 6) is -0.419. The molecule has 2 N–H and O–H groups in total. The van der Waals surface area contributed by atoms with Crippen molar-refractivity contribution in [3.8, 4) is 11.3 Å². The molecule has 0 aliphatic rings. The number of carbonyl (C=O) groups excluding carboxylic acids is 1. The van der Waals surface area contributed by atoms with Crippen molar-refractivity contribution in [3.05, 3.63) is 75.9 Å². The first-order valence-electron chi connectivity index (χ1n) is 7.02. The van der Waals surface area contributed by atoms with Crippen LogP contribution in [-0.4, -0.2) is 22.3 Å². The van der Waals surface area contributed by atoms with Crippen molar-refractivity contribution in [1.82, 2.24) is 15.6 Å². The minimum atomic E-state index is -0.419. The average molecular weight is 359 g/mol. The number of hydrazone groups is 1. The van der Waals surface area contributed by atoms with Crippen LogP contribution < -0.4 is 5.43 Å². The Balaban J connectivity index is 1.74. The number of benzene rings is 2. The lowest BCUT2D eigenvalue weighted by Crippen LogP contribution is -2.18. The summed E-state index contributed by atoms with van der Waals surface area (Å²) in [6, 6.07) is 14.4. The average Bonchev–Trinajstić information content (AvgIpc) is 3.04. The van der Waals surface area contributed by atoms with Gasteiger partial charge in [-0.25, -0.2) is 5.43 Å². The van der Waals surface area contributed by atoms with Crippen LogP contribution in [0.2, 0.25) is 10.0 Å². The van der Waals surface area contributed by atoms with E-state index in [4.69, 9.17) is 23.2 Å². The van der Waals surface area contributed by atoms with Gasteiger partial charge in [0.1, 0.15) is 0 Å². The molecule has 24 heavy (non-hydrogen) atoms. The molecule has 0 aliphatic carbocycles. The quantitative estimate of drug-likeness (QED) is 0.543. The first kappa shape index (κ1) is 16.2. The number of H-pyrrole nitrogens is 1. The van der Waals surface area contributed by atoms with Gasteiger partial charge in [0.25, 0.3) is 5.91 Å². The van der Waals surface area contributed by atoms with Gasteiger partial charge in [-0.2, -0.15) is 10.2 Å². The molecule has 120 valence electrons. The minimum absolute atomic E-state index is 0.267. The largest absolute Gasteiger partial charge is 0.277 e. The molecular weight excluding hydrogens is 347 g/mol. The lowest BCUT2D eigenvalue weighted by Gasteiger charge is -2.03. The van der Waals surface area contributed by atoms with Gasteiger partial charge in [-0.1, -0.05) is 53.5 Å². The van der Waals surface area contributed by atoms with E-state index in [1.807, 2.05) is 30.3 Å². The Hall–Kier alpha value is -2.63. The Morgan fingerprint density at radius 3 is 2.71 bits per heavy atom. The zero-order valence-electron chi connectivity index (χ0n) is 12.3. The molecule has 1 heterocycles. The van der Waals surface area contributed by atoms with E-state index in [0.717, 1.165) is 16.8 Å². The lowest BCUT2D eigenvalue weighted by atomic mass is 10.1. The van der Waals surface area contributed by atoms with Crippen LogP contribution in [0, 0.1) is 0 Å². The molecule has 0 fully saturated rings. The van der Waals surface area contributed by atoms with E-state index >= 15 is 0 Å². The summed E-state index contributed by atoms with van der Waals surface area (Å²) in [5, 5.41) is 11.6. The van der Waals surface area contributed by atoms with Gasteiger partial charge in [-0.3, -0.25) is 9.89 Å². The van der Waals surface area contributed by atoms with E-state index in [-0.39, 0.29) is 5.02 Å². The van der Waals surface area contributed by atoms with Crippen LogP contribution in [0.4, 0.5) is 0 Å². The second-order valence-corrected chi connectivity index (χ2v) is 5.73. The molecule has 0 bridgehead atoms. The number of rotatable bonds is 4. The van der Waals surface area contributed by atoms with Crippen molar-refractivity contribution >= 4 is 35.3 Å². The Bertz CT molecular complexity index is 891. The molecule has 0 saturated carbocycles. The third-order valence-electron chi connectivity index (χ3n) is 3.28. The van der Waals surface area contributed by atoms with E-state index in [1.165, 1.54) is 12.3 Å². The number of hydrogen-bond donors (Lipinski definition) is 2. The van der Waals surface area contributed by atoms with Crippen molar-refractivity contribution < 1.29 is 4.79 Å². The molecule has 0 aliphatic heterocycles. The summed E-state index contributed by atoms with van der Waals surface area (Å²) in [4.78, 5) is 12.1. The number of hydrogen-bond acceptors (Lipinski definition) is 3. The van der Waals surface area contributed by atoms with Crippen molar-refractivity contribution in [2.45, 2.75) is 0 Å². The lowest BCUT2D eigenvalue weighted by molar-refractivity contribution is 0.0955. The van der Waals surface area contributed by atoms with Gasteiger partial charge in [0.15, 0.2) is 0 Å². The molecular formula is C17H12Cl2N4O. The van der Waals surface area contributed by atoms with E-state index < -0.39 is 5.91 Å². The SMILES string of the molecule is O=C(NN=Cc1cn[nH]c1-c1ccccc1)c1ccc(Cl)cc1Cl. The second kappa shape index (κ2) is 7.29. The molecule has 2 aromatic carbocycles. The minimum Gasteiger partial charge on any atom is -0.277 e. The van der Waals surface area contributed by atoms with E-state index in [9.17, 15) is 4.79 Å². The fraction of sp³-hybridized carbons (Fsp3) is 0. The molecule has 3 rings (SSSR count). The maximum Gasteiger partial charge on any atom is 0.272 e. The van der Waals surface area contributed by atoms with Gasteiger partial charge in [-0.15, -0.1) is 0 Å². The highest BCUT2D eigenvalue weighted by atomic mass is 35.5. The highest BCUT2D eigenvalue weighted by molar-refractivity contribution is 6.36. The Morgan fingerprint density at radius 1 is 1.17 bits per heavy atom. The topological polar surface area (TPSA) is 70.1 Å². The van der Waals surface area contributed by atoms with E-state index in [1.54, 1.807) is 18.3 Å². The first-order chi connectivity index (χ1) is 11.6. The summed E-state index contributed by atoms with van der Waals surface area (Å²) in [7, 11) is 0. The maximum atomic E-state index is 12.1. The normalized spacial score (nSPS) is 10.9. The third kappa shape index (κ3) is 3.64. The van der Waals surface area contributed by atoms with Crippen LogP contribution in [0.25, 0.3) is 11.3 Å². The van der Waals surface area contributed by atoms with E-state index in [2.05, 4.69) is 20.7 Å². The Labute approximate surface area is 148 Å². The summed E-state index contributed by atoms with van der Waals surface area (Å²) >= 11 is 11.8. The standard InChI is InChI=1S/C17H12Cl2N4O/c18-13-6-7-14(15(19)8-13)17(24)23-21-10-12-9-20-22-16(12)11-4-2-1-3-5-11/h1-10H,(H,20,22)(H,23,24). The molecule has 0 radical (unpaired) electrons. The number of nitrogens with one attached hydrogen (secondary N) is 2. The van der Waals surface area contributed by atoms with Crippen LogP contribution >= 0.6 is 23.2 Å². The number of aromatic amines is 1. The monoisotopic (exact) mass is 358 g/mol. The number of nitrogens with zero attached hydrogens (tertiary/aromatic N) is 2. The van der Waals surface area contributed by atoms with Gasteiger partial charge >= 0.3 is 0 Å². The zero-order chi connectivity index (χ0) is 16.9. The van der Waals surface area contributed by atoms with Crippen LogP contribution in [0.3, 0.4) is 0 Å². The summed E-state index contributed by atoms with van der Waals surface area (Å²) in [5.41, 5.74) is 5.28. The molecule has 0 saturated heterocycles. The van der Waals surface area contributed by atoms with Crippen molar-refractivity contribution in [2.24, 2.45) is 5.10 Å². The third-order valence-corrected chi connectivity index (χ3v) is 3.82. The highest BCUT2D eigenvalue weighted by Gasteiger charge is 2.10. The highest BCUT2D eigenvalue weighted by Crippen LogP contribution is 2.21. The van der Waals surface area contributed by atoms with Crippen LogP contribution in [0.1, 0.15) is 15.9 Å².